The highest BCUT2D eigenvalue weighted by Crippen LogP contribution is 2.30. The van der Waals surface area contributed by atoms with Crippen molar-refractivity contribution < 1.29 is 61.6 Å². The van der Waals surface area contributed by atoms with Gasteiger partial charge in [0.1, 0.15) is 22.6 Å². The summed E-state index contributed by atoms with van der Waals surface area (Å²) in [6.45, 7) is 25.6. The predicted molar refractivity (Wildman–Crippen MR) is 563 cm³/mol. The average Bonchev–Trinajstić information content (AvgIpc) is 1.70. The van der Waals surface area contributed by atoms with Crippen molar-refractivity contribution in [3.63, 3.8) is 0 Å². The Labute approximate surface area is 809 Å². The van der Waals surface area contributed by atoms with Crippen LogP contribution in [0.3, 0.4) is 0 Å². The topological polar surface area (TPSA) is 439 Å². The van der Waals surface area contributed by atoms with Gasteiger partial charge in [-0.05, 0) is 206 Å². The van der Waals surface area contributed by atoms with E-state index in [1.165, 1.54) is 62.0 Å². The maximum atomic E-state index is 11.2. The summed E-state index contributed by atoms with van der Waals surface area (Å²) in [6, 6.07) is 53.3. The molecule has 9 aromatic heterocycles. The van der Waals surface area contributed by atoms with Gasteiger partial charge in [-0.3, -0.25) is 52.7 Å². The number of hydrogen-bond acceptors (Lipinski definition) is 31. The number of benzene rings is 7. The first-order valence-corrected chi connectivity index (χ1v) is 46.1. The highest BCUT2D eigenvalue weighted by Gasteiger charge is 2.15. The molecule has 0 aliphatic rings. The summed E-state index contributed by atoms with van der Waals surface area (Å²) in [7, 11) is 18.4. The number of hydrogen-bond donors (Lipinski definition) is 13. The highest BCUT2D eigenvalue weighted by atomic mass is 32.1. The molecule has 32 nitrogen and oxygen atoms in total. The third-order valence-corrected chi connectivity index (χ3v) is 22.6. The molecular weight excluding hydrogens is 1800 g/mol. The number of furan rings is 1. The second-order valence-corrected chi connectivity index (χ2v) is 33.0. The Hall–Kier alpha value is -15.5. The molecule has 35 heteroatoms. The monoisotopic (exact) mass is 1920 g/mol. The SMILES string of the molecule is CCNc1ccc2oc(C(C)=O)cc2c1.CCNc1ccc2sc(C(C)=O)cc2c1.CCNc1cn(C)c(C(C)=O)n1.CNc1cc(C(C)=O)n(C)c1.CNc1ccc(C(C)=O)cc1.CNc1ccc2[nH]c(C(C)=O)cc2c1.CNc1ccc2nc(C(C)=O)[nH]c2c1.CNc1ccc2nc(C(C)=O)oc2c1.CNc1cccc(C(C)=O)c1.CNc1csc(C(C)=O)c1.CNc1nc(C(C)=O)cs1. The standard InChI is InChI=1S/C12H13NO2.C12H13NOS.C11H12N2O.C10H11N3O.C10H10N2O2.2C9H11NO.C8H13N3O.C8H12N2O.C7H9NOS.C6H8N2OS/c2*1-3-13-10-4-5-11-9(6-10)7-12(15-11)8(2)14;1-7(14)11-6-8-5-9(12-2)3-4-10(8)13-11;1-6(14)10-12-8-4-3-7(11-2)5-9(8)13-10;1-6(13)10-12-8-4-3-7(11-2)5-9(8)14-10;1-7(11)8-3-5-9(10-2)6-4-8;1-7(11)8-4-3-5-9(6-8)10-2;1-4-9-7-5-11(3)8(10-7)6(2)12;1-6(11)8-4-7(9-2)5-10(8)3;1-5(9)7-3-6(8-2)4-10-7;1-4(9)5-3-10-6(7-2)8-5/h2*4-7,13H,3H2,1-2H3;3-6,12-13H,1-2H3;3-5,11H,1-2H3,(H,12,13);3-5,11H,1-2H3;2*3-6,10H,1-2H3;5,9H,4H2,1-3H3;4-5,9H,1-3H3;3-4,8H,1-2H3;3H,1-2H3,(H,7,8). The van der Waals surface area contributed by atoms with Crippen LogP contribution in [0, 0.1) is 0 Å². The number of rotatable bonds is 25. The number of aryl methyl sites for hydroxylation is 2. The molecule has 0 aliphatic heterocycles. The Bertz CT molecular complexity index is 6410. The fraction of sp³-hybridized carbons (Fsp3) is 0.265. The van der Waals surface area contributed by atoms with E-state index in [0.717, 1.165) is 147 Å². The molecule has 0 saturated heterocycles. The maximum Gasteiger partial charge on any atom is 0.263 e. The molecule has 722 valence electrons. The third kappa shape index (κ3) is 34.8. The molecule has 0 bridgehead atoms. The van der Waals surface area contributed by atoms with Crippen molar-refractivity contribution in [2.24, 2.45) is 14.1 Å². The number of carbonyl (C=O) groups excluding carboxylic acids is 11. The first-order chi connectivity index (χ1) is 65.3. The van der Waals surface area contributed by atoms with Crippen LogP contribution in [0.25, 0.3) is 54.1 Å². The molecule has 0 saturated carbocycles. The molecule has 13 N–H and O–H groups in total. The van der Waals surface area contributed by atoms with Crippen molar-refractivity contribution in [2.45, 2.75) is 96.9 Å². The molecule has 16 rings (SSSR count). The number of anilines is 11. The van der Waals surface area contributed by atoms with E-state index in [0.29, 0.717) is 39.9 Å². The van der Waals surface area contributed by atoms with E-state index in [1.54, 1.807) is 82.1 Å². The second kappa shape index (κ2) is 55.2. The second-order valence-electron chi connectivity index (χ2n) is 30.1. The smallest absolute Gasteiger partial charge is 0.263 e. The quantitative estimate of drug-likeness (QED) is 0.0236. The summed E-state index contributed by atoms with van der Waals surface area (Å²) < 4.78 is 15.4. The zero-order valence-corrected chi connectivity index (χ0v) is 84.3. The van der Waals surface area contributed by atoms with Gasteiger partial charge in [-0.2, -0.15) is 0 Å². The molecule has 0 fully saturated rings. The molecule has 137 heavy (non-hydrogen) atoms. The zero-order chi connectivity index (χ0) is 101. The fourth-order valence-corrected chi connectivity index (χ4v) is 14.6. The van der Waals surface area contributed by atoms with Crippen molar-refractivity contribution in [3.8, 4) is 0 Å². The van der Waals surface area contributed by atoms with Gasteiger partial charge in [0.2, 0.25) is 5.78 Å². The van der Waals surface area contributed by atoms with Gasteiger partial charge in [0.05, 0.1) is 37.9 Å². The van der Waals surface area contributed by atoms with E-state index >= 15 is 0 Å². The lowest BCUT2D eigenvalue weighted by Gasteiger charge is -2.01. The van der Waals surface area contributed by atoms with Crippen molar-refractivity contribution in [2.75, 3.05) is 135 Å². The van der Waals surface area contributed by atoms with E-state index < -0.39 is 0 Å². The minimum absolute atomic E-state index is 0.0118. The van der Waals surface area contributed by atoms with E-state index in [4.69, 9.17) is 8.83 Å². The number of thiophene rings is 2. The lowest BCUT2D eigenvalue weighted by molar-refractivity contribution is 0.0977. The van der Waals surface area contributed by atoms with E-state index in [-0.39, 0.29) is 69.5 Å². The summed E-state index contributed by atoms with van der Waals surface area (Å²) in [6.07, 6.45) is 3.69. The molecule has 0 amide bonds. The summed E-state index contributed by atoms with van der Waals surface area (Å²) in [5, 5.41) is 40.9. The molecule has 0 unspecified atom stereocenters. The number of carbonyl (C=O) groups is 11. The first-order valence-electron chi connectivity index (χ1n) is 43.6. The van der Waals surface area contributed by atoms with Gasteiger partial charge in [0.25, 0.3) is 5.89 Å². The van der Waals surface area contributed by atoms with Crippen LogP contribution < -0.4 is 58.5 Å². The number of Topliss-reactive ketones (excluding diaryl/α,β-unsaturated/α-hetero) is 11. The lowest BCUT2D eigenvalue weighted by atomic mass is 10.1. The Balaban J connectivity index is 0.000000232. The molecule has 0 spiro atoms. The van der Waals surface area contributed by atoms with Gasteiger partial charge in [0, 0.05) is 245 Å². The number of oxazole rings is 1. The number of fused-ring (bicyclic) bond motifs is 5. The van der Waals surface area contributed by atoms with E-state index in [9.17, 15) is 52.7 Å². The van der Waals surface area contributed by atoms with Gasteiger partial charge in [-0.25, -0.2) is 19.9 Å². The average molecular weight is 1920 g/mol. The summed E-state index contributed by atoms with van der Waals surface area (Å²) in [5.74, 6) is 2.61. The largest absolute Gasteiger partial charge is 0.453 e. The van der Waals surface area contributed by atoms with Crippen LogP contribution in [0.5, 0.6) is 0 Å². The minimum Gasteiger partial charge on any atom is -0.453 e. The first kappa shape index (κ1) is 110. The van der Waals surface area contributed by atoms with Crippen molar-refractivity contribution in [1.82, 2.24) is 39.0 Å². The summed E-state index contributed by atoms with van der Waals surface area (Å²) in [5.41, 5.74) is 17.3. The Morgan fingerprint density at radius 3 is 1.42 bits per heavy atom. The number of nitrogens with one attached hydrogen (secondary N) is 13. The third-order valence-electron chi connectivity index (χ3n) is 19.5. The number of ketones is 11. The summed E-state index contributed by atoms with van der Waals surface area (Å²) >= 11 is 4.46. The van der Waals surface area contributed by atoms with Crippen molar-refractivity contribution >= 4 is 214 Å². The zero-order valence-electron chi connectivity index (χ0n) is 81.8. The van der Waals surface area contributed by atoms with Gasteiger partial charge in [0.15, 0.2) is 86.0 Å². The number of aromatic amines is 2. The van der Waals surface area contributed by atoms with Crippen LogP contribution in [0.15, 0.2) is 202 Å². The van der Waals surface area contributed by atoms with Gasteiger partial charge in [-0.1, -0.05) is 12.1 Å². The number of nitrogens with zero attached hydrogens (tertiary/aromatic N) is 6. The van der Waals surface area contributed by atoms with Gasteiger partial charge in [-0.15, -0.1) is 34.0 Å². The van der Waals surface area contributed by atoms with Crippen molar-refractivity contribution in [1.29, 1.82) is 0 Å². The van der Waals surface area contributed by atoms with Crippen LogP contribution in [0.4, 0.5) is 62.1 Å². The van der Waals surface area contributed by atoms with Gasteiger partial charge < -0.3 is 86.4 Å². The summed E-state index contributed by atoms with van der Waals surface area (Å²) in [4.78, 5) is 145. The molecular formula is C102H123N19O13S3. The highest BCUT2D eigenvalue weighted by molar-refractivity contribution is 7.20. The lowest BCUT2D eigenvalue weighted by Crippen LogP contribution is -2.02. The molecule has 0 aliphatic carbocycles. The fourth-order valence-electron chi connectivity index (χ4n) is 12.2. The molecule has 0 radical (unpaired) electrons. The molecule has 9 heterocycles. The maximum absolute atomic E-state index is 11.2. The molecule has 7 aromatic carbocycles. The minimum atomic E-state index is -0.160. The Morgan fingerprint density at radius 2 is 0.920 bits per heavy atom. The molecule has 0 atom stereocenters. The molecule has 16 aromatic rings. The Morgan fingerprint density at radius 1 is 0.358 bits per heavy atom. The van der Waals surface area contributed by atoms with Crippen LogP contribution in [0.1, 0.15) is 211 Å². The van der Waals surface area contributed by atoms with Crippen LogP contribution in [-0.4, -0.2) is 179 Å². The van der Waals surface area contributed by atoms with Crippen LogP contribution in [0.2, 0.25) is 0 Å². The normalized spacial score (nSPS) is 10.0. The predicted octanol–water partition coefficient (Wildman–Crippen LogP) is 22.5. The van der Waals surface area contributed by atoms with Crippen molar-refractivity contribution in [3.05, 3.63) is 254 Å². The number of imidazole rings is 2. The number of H-pyrrole nitrogens is 2. The van der Waals surface area contributed by atoms with E-state index in [1.807, 2.05) is 245 Å². The Kier molecular flexibility index (Phi) is 44.5. The van der Waals surface area contributed by atoms with Crippen LogP contribution in [-0.2, 0) is 14.1 Å². The van der Waals surface area contributed by atoms with E-state index in [2.05, 4.69) is 107 Å². The number of thiazole rings is 1. The van der Waals surface area contributed by atoms with Gasteiger partial charge >= 0.3 is 0 Å². The van der Waals surface area contributed by atoms with Crippen LogP contribution >= 0.6 is 34.0 Å². The number of aromatic nitrogens is 8.